The smallest absolute Gasteiger partial charge is 0.319 e. The van der Waals surface area contributed by atoms with Crippen molar-refractivity contribution in [2.24, 2.45) is 5.73 Å². The highest BCUT2D eigenvalue weighted by Crippen LogP contribution is 2.15. The first kappa shape index (κ1) is 17.5. The van der Waals surface area contributed by atoms with Gasteiger partial charge in [0.1, 0.15) is 0 Å². The molecule has 3 amide bonds. The Bertz CT molecular complexity index is 717. The Morgan fingerprint density at radius 2 is 1.88 bits per heavy atom. The van der Waals surface area contributed by atoms with E-state index in [1.807, 2.05) is 30.3 Å². The van der Waals surface area contributed by atoms with Crippen LogP contribution in [0.5, 0.6) is 0 Å². The monoisotopic (exact) mass is 327 g/mol. The molecule has 24 heavy (non-hydrogen) atoms. The van der Waals surface area contributed by atoms with Gasteiger partial charge in [-0.05, 0) is 36.6 Å². The van der Waals surface area contributed by atoms with Gasteiger partial charge in [0.25, 0.3) is 0 Å². The Hall–Kier alpha value is -2.86. The molecule has 0 bridgehead atoms. The first-order valence-corrected chi connectivity index (χ1v) is 7.62. The number of aliphatic hydroxyl groups excluding tert-OH is 1. The number of aryl methyl sites for hydroxylation is 1. The summed E-state index contributed by atoms with van der Waals surface area (Å²) in [5.74, 6) is -0.547. The van der Waals surface area contributed by atoms with Crippen LogP contribution in [0.15, 0.2) is 48.5 Å². The Kier molecular flexibility index (Phi) is 5.92. The molecular formula is C18H21N3O3. The van der Waals surface area contributed by atoms with Crippen molar-refractivity contribution in [1.29, 1.82) is 0 Å². The molecule has 6 nitrogen and oxygen atoms in total. The maximum atomic E-state index is 12.1. The Labute approximate surface area is 140 Å². The van der Waals surface area contributed by atoms with Crippen molar-refractivity contribution < 1.29 is 14.7 Å². The third-order valence-electron chi connectivity index (χ3n) is 3.64. The van der Waals surface area contributed by atoms with Crippen molar-refractivity contribution in [1.82, 2.24) is 5.32 Å². The quantitative estimate of drug-likeness (QED) is 0.650. The van der Waals surface area contributed by atoms with Crippen LogP contribution in [-0.2, 0) is 6.42 Å². The summed E-state index contributed by atoms with van der Waals surface area (Å²) in [7, 11) is 0. The first-order chi connectivity index (χ1) is 11.5. The summed E-state index contributed by atoms with van der Waals surface area (Å²) in [5, 5.41) is 14.8. The SMILES string of the molecule is Cc1ccc(NC(=O)NC(CO)Cc2ccccc2)cc1C(N)=O. The molecule has 0 saturated carbocycles. The standard InChI is InChI=1S/C18H21N3O3/c1-12-7-8-14(10-16(12)17(19)23)20-18(24)21-15(11-22)9-13-5-3-2-4-6-13/h2-8,10,15,22H,9,11H2,1H3,(H2,19,23)(H2,20,21,24). The van der Waals surface area contributed by atoms with Crippen LogP contribution in [0.25, 0.3) is 0 Å². The first-order valence-electron chi connectivity index (χ1n) is 7.62. The molecule has 0 aliphatic carbocycles. The molecule has 2 rings (SSSR count). The van der Waals surface area contributed by atoms with E-state index in [0.717, 1.165) is 11.1 Å². The molecule has 0 fully saturated rings. The minimum absolute atomic E-state index is 0.178. The number of primary amides is 1. The van der Waals surface area contributed by atoms with Gasteiger partial charge in [-0.3, -0.25) is 4.79 Å². The number of nitrogens with one attached hydrogen (secondary N) is 2. The van der Waals surface area contributed by atoms with Gasteiger partial charge in [0.2, 0.25) is 5.91 Å². The molecule has 0 aromatic heterocycles. The maximum absolute atomic E-state index is 12.1. The van der Waals surface area contributed by atoms with Crippen molar-refractivity contribution in [2.45, 2.75) is 19.4 Å². The third kappa shape index (κ3) is 4.82. The van der Waals surface area contributed by atoms with Crippen molar-refractivity contribution in [3.8, 4) is 0 Å². The minimum atomic E-state index is -0.547. The molecule has 0 heterocycles. The van der Waals surface area contributed by atoms with E-state index in [9.17, 15) is 14.7 Å². The fourth-order valence-electron chi connectivity index (χ4n) is 2.38. The highest BCUT2D eigenvalue weighted by Gasteiger charge is 2.13. The third-order valence-corrected chi connectivity index (χ3v) is 3.64. The lowest BCUT2D eigenvalue weighted by Gasteiger charge is -2.17. The highest BCUT2D eigenvalue weighted by atomic mass is 16.3. The van der Waals surface area contributed by atoms with Crippen molar-refractivity contribution in [3.05, 3.63) is 65.2 Å². The van der Waals surface area contributed by atoms with Crippen LogP contribution in [0.3, 0.4) is 0 Å². The molecule has 0 spiro atoms. The number of anilines is 1. The van der Waals surface area contributed by atoms with Gasteiger partial charge in [0.15, 0.2) is 0 Å². The molecule has 2 aromatic rings. The summed E-state index contributed by atoms with van der Waals surface area (Å²) in [5.41, 5.74) is 7.88. The summed E-state index contributed by atoms with van der Waals surface area (Å²) >= 11 is 0. The number of nitrogens with two attached hydrogens (primary N) is 1. The van der Waals surface area contributed by atoms with E-state index in [2.05, 4.69) is 10.6 Å². The summed E-state index contributed by atoms with van der Waals surface area (Å²) < 4.78 is 0. The van der Waals surface area contributed by atoms with Gasteiger partial charge in [-0.2, -0.15) is 0 Å². The second kappa shape index (κ2) is 8.12. The zero-order valence-electron chi connectivity index (χ0n) is 13.5. The number of urea groups is 1. The van der Waals surface area contributed by atoms with Gasteiger partial charge >= 0.3 is 6.03 Å². The Morgan fingerprint density at radius 1 is 1.17 bits per heavy atom. The van der Waals surface area contributed by atoms with E-state index in [4.69, 9.17) is 5.73 Å². The minimum Gasteiger partial charge on any atom is -0.394 e. The van der Waals surface area contributed by atoms with E-state index in [0.29, 0.717) is 17.7 Å². The van der Waals surface area contributed by atoms with Crippen LogP contribution in [0.2, 0.25) is 0 Å². The summed E-state index contributed by atoms with van der Waals surface area (Å²) in [6.07, 6.45) is 0.519. The normalized spacial score (nSPS) is 11.6. The van der Waals surface area contributed by atoms with Gasteiger partial charge in [0.05, 0.1) is 12.6 Å². The molecule has 5 N–H and O–H groups in total. The predicted octanol–water partition coefficient (Wildman–Crippen LogP) is 1.82. The molecule has 1 unspecified atom stereocenters. The van der Waals surface area contributed by atoms with Crippen LogP contribution < -0.4 is 16.4 Å². The lowest BCUT2D eigenvalue weighted by atomic mass is 10.1. The number of aliphatic hydroxyl groups is 1. The molecule has 0 radical (unpaired) electrons. The van der Waals surface area contributed by atoms with E-state index < -0.39 is 18.0 Å². The number of rotatable bonds is 6. The Morgan fingerprint density at radius 3 is 2.50 bits per heavy atom. The van der Waals surface area contributed by atoms with Crippen LogP contribution in [0.1, 0.15) is 21.5 Å². The number of carbonyl (C=O) groups excluding carboxylic acids is 2. The van der Waals surface area contributed by atoms with E-state index in [-0.39, 0.29) is 6.61 Å². The molecule has 0 saturated heterocycles. The predicted molar refractivity (Wildman–Crippen MR) is 92.9 cm³/mol. The highest BCUT2D eigenvalue weighted by molar-refractivity contribution is 5.97. The molecule has 1 atom stereocenters. The second-order valence-corrected chi connectivity index (χ2v) is 5.56. The topological polar surface area (TPSA) is 104 Å². The maximum Gasteiger partial charge on any atom is 0.319 e. The van der Waals surface area contributed by atoms with Crippen molar-refractivity contribution in [2.75, 3.05) is 11.9 Å². The second-order valence-electron chi connectivity index (χ2n) is 5.56. The van der Waals surface area contributed by atoms with Gasteiger partial charge in [-0.1, -0.05) is 36.4 Å². The van der Waals surface area contributed by atoms with E-state index in [1.54, 1.807) is 19.1 Å². The average molecular weight is 327 g/mol. The molecule has 6 heteroatoms. The van der Waals surface area contributed by atoms with Crippen LogP contribution in [-0.4, -0.2) is 29.7 Å². The lowest BCUT2D eigenvalue weighted by molar-refractivity contribution is 0.0999. The molecular weight excluding hydrogens is 306 g/mol. The summed E-state index contributed by atoms with van der Waals surface area (Å²) in [6.45, 7) is 1.59. The van der Waals surface area contributed by atoms with Gasteiger partial charge in [-0.25, -0.2) is 4.79 Å². The van der Waals surface area contributed by atoms with Crippen molar-refractivity contribution >= 4 is 17.6 Å². The fraction of sp³-hybridized carbons (Fsp3) is 0.222. The van der Waals surface area contributed by atoms with E-state index >= 15 is 0 Å². The average Bonchev–Trinajstić information content (AvgIpc) is 2.56. The zero-order chi connectivity index (χ0) is 17.5. The Balaban J connectivity index is 1.99. The fourth-order valence-corrected chi connectivity index (χ4v) is 2.38. The lowest BCUT2D eigenvalue weighted by Crippen LogP contribution is -2.41. The van der Waals surface area contributed by atoms with Gasteiger partial charge in [-0.15, -0.1) is 0 Å². The van der Waals surface area contributed by atoms with Crippen LogP contribution in [0.4, 0.5) is 10.5 Å². The molecule has 0 aliphatic rings. The summed E-state index contributed by atoms with van der Waals surface area (Å²) in [6, 6.07) is 13.6. The molecule has 2 aromatic carbocycles. The largest absolute Gasteiger partial charge is 0.394 e. The molecule has 0 aliphatic heterocycles. The van der Waals surface area contributed by atoms with Crippen molar-refractivity contribution in [3.63, 3.8) is 0 Å². The van der Waals surface area contributed by atoms with Crippen LogP contribution in [0, 0.1) is 6.92 Å². The van der Waals surface area contributed by atoms with Gasteiger partial charge < -0.3 is 21.5 Å². The molecule has 126 valence electrons. The number of hydrogen-bond donors (Lipinski definition) is 4. The number of carbonyl (C=O) groups is 2. The number of amides is 3. The number of hydrogen-bond acceptors (Lipinski definition) is 3. The zero-order valence-corrected chi connectivity index (χ0v) is 13.5. The van der Waals surface area contributed by atoms with Gasteiger partial charge in [0, 0.05) is 11.3 Å². The van der Waals surface area contributed by atoms with Crippen LogP contribution >= 0.6 is 0 Å². The van der Waals surface area contributed by atoms with E-state index in [1.165, 1.54) is 6.07 Å². The number of benzene rings is 2. The summed E-state index contributed by atoms with van der Waals surface area (Å²) in [4.78, 5) is 23.4.